The zero-order chi connectivity index (χ0) is 23.6. The maximum atomic E-state index is 13.2. The number of fused-ring (bicyclic) bond motifs is 3. The first-order valence-electron chi connectivity index (χ1n) is 11.5. The number of aromatic hydroxyl groups is 1. The number of nitrogens with zero attached hydrogens (tertiary/aromatic N) is 3. The average Bonchev–Trinajstić information content (AvgIpc) is 3.59. The van der Waals surface area contributed by atoms with Crippen LogP contribution in [0, 0.1) is 5.92 Å². The van der Waals surface area contributed by atoms with Crippen molar-refractivity contribution in [3.63, 3.8) is 0 Å². The fraction of sp³-hybridized carbons (Fsp3) is 0.375. The van der Waals surface area contributed by atoms with E-state index in [4.69, 9.17) is 11.6 Å². The number of rotatable bonds is 4. The standard InChI is InChI=1S/C24H23ClN4O4S/c25-19-10-9-18(34-19)21(30)26-17-2-1-11-27-20(17)23(32)29(24(27)33)15-7-5-14(6-8-15)28-16-4-3-13(12-16)22(28)31/h5-10,13,16-17,32H,1-4,11-12H2,(H,26,30)/t13?,16?,17-/m1/s1. The number of amides is 2. The molecular formula is C24H23ClN4O4S. The first-order valence-corrected chi connectivity index (χ1v) is 12.7. The van der Waals surface area contributed by atoms with Crippen molar-refractivity contribution in [3.8, 4) is 11.6 Å². The Bertz CT molecular complexity index is 1360. The lowest BCUT2D eigenvalue weighted by molar-refractivity contribution is -0.121. The van der Waals surface area contributed by atoms with Crippen LogP contribution in [0.5, 0.6) is 5.88 Å². The Labute approximate surface area is 204 Å². The molecule has 3 aromatic rings. The predicted molar refractivity (Wildman–Crippen MR) is 129 cm³/mol. The Morgan fingerprint density at radius 2 is 1.82 bits per heavy atom. The molecule has 176 valence electrons. The summed E-state index contributed by atoms with van der Waals surface area (Å²) in [7, 11) is 0. The molecule has 2 N–H and O–H groups in total. The number of aromatic nitrogens is 2. The van der Waals surface area contributed by atoms with Crippen LogP contribution in [0.15, 0.2) is 41.2 Å². The third-order valence-corrected chi connectivity index (χ3v) is 8.43. The van der Waals surface area contributed by atoms with Crippen LogP contribution in [0.25, 0.3) is 5.69 Å². The minimum absolute atomic E-state index is 0.131. The Balaban J connectivity index is 1.31. The highest BCUT2D eigenvalue weighted by Crippen LogP contribution is 2.41. The Morgan fingerprint density at radius 3 is 2.50 bits per heavy atom. The van der Waals surface area contributed by atoms with Crippen LogP contribution < -0.4 is 15.9 Å². The molecule has 6 rings (SSSR count). The molecule has 3 atom stereocenters. The number of hydrogen-bond donors (Lipinski definition) is 2. The van der Waals surface area contributed by atoms with E-state index in [-0.39, 0.29) is 35.3 Å². The Morgan fingerprint density at radius 1 is 1.06 bits per heavy atom. The molecule has 4 heterocycles. The van der Waals surface area contributed by atoms with Crippen molar-refractivity contribution in [3.05, 3.63) is 61.8 Å². The largest absolute Gasteiger partial charge is 0.493 e. The van der Waals surface area contributed by atoms with Crippen LogP contribution in [0.4, 0.5) is 5.69 Å². The summed E-state index contributed by atoms with van der Waals surface area (Å²) < 4.78 is 3.32. The van der Waals surface area contributed by atoms with Gasteiger partial charge in [0.2, 0.25) is 11.8 Å². The summed E-state index contributed by atoms with van der Waals surface area (Å²) in [6.45, 7) is 0.468. The second-order valence-corrected chi connectivity index (χ2v) is 10.9. The molecule has 1 saturated carbocycles. The van der Waals surface area contributed by atoms with E-state index in [1.165, 1.54) is 20.5 Å². The number of carbonyl (C=O) groups excluding carboxylic acids is 2. The highest BCUT2D eigenvalue weighted by Gasteiger charge is 2.45. The van der Waals surface area contributed by atoms with Gasteiger partial charge in [-0.1, -0.05) is 11.6 Å². The molecule has 0 radical (unpaired) electrons. The van der Waals surface area contributed by atoms with Crippen molar-refractivity contribution in [2.45, 2.75) is 50.7 Å². The number of carbonyl (C=O) groups is 2. The van der Waals surface area contributed by atoms with Gasteiger partial charge in [0, 0.05) is 24.2 Å². The van der Waals surface area contributed by atoms with Crippen LogP contribution in [-0.2, 0) is 11.3 Å². The molecule has 1 saturated heterocycles. The second-order valence-electron chi connectivity index (χ2n) is 9.14. The van der Waals surface area contributed by atoms with Gasteiger partial charge in [-0.2, -0.15) is 0 Å². The van der Waals surface area contributed by atoms with Crippen molar-refractivity contribution in [1.29, 1.82) is 0 Å². The van der Waals surface area contributed by atoms with Crippen LogP contribution >= 0.6 is 22.9 Å². The maximum Gasteiger partial charge on any atom is 0.335 e. The second kappa shape index (κ2) is 8.02. The molecule has 8 nitrogen and oxygen atoms in total. The molecule has 1 aromatic carbocycles. The lowest BCUT2D eigenvalue weighted by atomic mass is 10.0. The van der Waals surface area contributed by atoms with Crippen LogP contribution in [0.1, 0.15) is 53.5 Å². The van der Waals surface area contributed by atoms with Crippen LogP contribution in [0.3, 0.4) is 0 Å². The van der Waals surface area contributed by atoms with Crippen molar-refractivity contribution >= 4 is 40.4 Å². The smallest absolute Gasteiger partial charge is 0.335 e. The number of thiophene rings is 1. The molecule has 0 spiro atoms. The van der Waals surface area contributed by atoms with Gasteiger partial charge in [-0.3, -0.25) is 14.2 Å². The van der Waals surface area contributed by atoms with E-state index < -0.39 is 6.04 Å². The molecule has 2 aliphatic heterocycles. The van der Waals surface area contributed by atoms with E-state index >= 15 is 0 Å². The van der Waals surface area contributed by atoms with E-state index in [0.717, 1.165) is 24.9 Å². The average molecular weight is 499 g/mol. The molecular weight excluding hydrogens is 476 g/mol. The first kappa shape index (κ1) is 21.5. The minimum Gasteiger partial charge on any atom is -0.493 e. The number of halogens is 1. The Kier molecular flexibility index (Phi) is 5.07. The van der Waals surface area contributed by atoms with E-state index in [2.05, 4.69) is 5.32 Å². The monoisotopic (exact) mass is 498 g/mol. The van der Waals surface area contributed by atoms with Crippen molar-refractivity contribution in [2.24, 2.45) is 5.92 Å². The highest BCUT2D eigenvalue weighted by atomic mass is 35.5. The number of benzene rings is 1. The van der Waals surface area contributed by atoms with Gasteiger partial charge in [0.1, 0.15) is 5.69 Å². The number of hydrogen-bond acceptors (Lipinski definition) is 5. The molecule has 2 unspecified atom stereocenters. The summed E-state index contributed by atoms with van der Waals surface area (Å²) in [5.41, 5.74) is 1.38. The van der Waals surface area contributed by atoms with Crippen molar-refractivity contribution in [2.75, 3.05) is 4.90 Å². The zero-order valence-corrected chi connectivity index (χ0v) is 19.8. The first-order chi connectivity index (χ1) is 16.4. The zero-order valence-electron chi connectivity index (χ0n) is 18.2. The molecule has 2 aromatic heterocycles. The topological polar surface area (TPSA) is 96.6 Å². The van der Waals surface area contributed by atoms with E-state index in [9.17, 15) is 19.5 Å². The van der Waals surface area contributed by atoms with Gasteiger partial charge in [0.05, 0.1) is 20.9 Å². The van der Waals surface area contributed by atoms with Crippen molar-refractivity contribution < 1.29 is 14.7 Å². The Hall–Kier alpha value is -3.04. The molecule has 1 aliphatic carbocycles. The van der Waals surface area contributed by atoms with E-state index in [0.29, 0.717) is 40.0 Å². The van der Waals surface area contributed by atoms with E-state index in [1.807, 2.05) is 17.0 Å². The lowest BCUT2D eigenvalue weighted by Gasteiger charge is -2.27. The normalized spacial score (nSPS) is 23.4. The SMILES string of the molecule is O=C(N[C@@H]1CCCn2c1c(O)n(-c1ccc(N3C(=O)C4CCC3C4)cc1)c2=O)c1ccc(Cl)s1. The van der Waals surface area contributed by atoms with Crippen molar-refractivity contribution in [1.82, 2.24) is 14.5 Å². The molecule has 2 bridgehead atoms. The molecule has 3 aliphatic rings. The quantitative estimate of drug-likeness (QED) is 0.571. The third kappa shape index (κ3) is 3.29. The number of piperidine rings is 1. The van der Waals surface area contributed by atoms with Gasteiger partial charge >= 0.3 is 5.69 Å². The summed E-state index contributed by atoms with van der Waals surface area (Å²) in [4.78, 5) is 40.8. The van der Waals surface area contributed by atoms with Gasteiger partial charge in [-0.05, 0) is 68.5 Å². The maximum absolute atomic E-state index is 13.2. The lowest BCUT2D eigenvalue weighted by Crippen LogP contribution is -2.36. The van der Waals surface area contributed by atoms with Crippen LogP contribution in [-0.4, -0.2) is 32.1 Å². The molecule has 2 amide bonds. The highest BCUT2D eigenvalue weighted by molar-refractivity contribution is 7.18. The summed E-state index contributed by atoms with van der Waals surface area (Å²) >= 11 is 7.13. The summed E-state index contributed by atoms with van der Waals surface area (Å²) in [5.74, 6) is -0.159. The fourth-order valence-corrected chi connectivity index (χ4v) is 6.58. The molecule has 10 heteroatoms. The molecule has 2 fully saturated rings. The minimum atomic E-state index is -0.492. The van der Waals surface area contributed by atoms with Gasteiger partial charge in [-0.25, -0.2) is 9.36 Å². The van der Waals surface area contributed by atoms with Gasteiger partial charge < -0.3 is 15.3 Å². The fourth-order valence-electron chi connectivity index (χ4n) is 5.63. The third-order valence-electron chi connectivity index (χ3n) is 7.20. The molecule has 34 heavy (non-hydrogen) atoms. The van der Waals surface area contributed by atoms with Crippen LogP contribution in [0.2, 0.25) is 4.34 Å². The summed E-state index contributed by atoms with van der Waals surface area (Å²) in [6.07, 6.45) is 4.22. The van der Waals surface area contributed by atoms with Gasteiger partial charge in [0.15, 0.2) is 0 Å². The van der Waals surface area contributed by atoms with Gasteiger partial charge in [0.25, 0.3) is 5.91 Å². The van der Waals surface area contributed by atoms with Gasteiger partial charge in [-0.15, -0.1) is 11.3 Å². The number of imidazole rings is 1. The summed E-state index contributed by atoms with van der Waals surface area (Å²) in [6, 6.07) is 10.2. The van der Waals surface area contributed by atoms with E-state index in [1.54, 1.807) is 24.3 Å². The number of anilines is 1. The summed E-state index contributed by atoms with van der Waals surface area (Å²) in [5, 5.41) is 14.0. The number of nitrogens with one attached hydrogen (secondary N) is 1. The predicted octanol–water partition coefficient (Wildman–Crippen LogP) is 3.84.